The van der Waals surface area contributed by atoms with E-state index in [1.165, 1.54) is 0 Å². The summed E-state index contributed by atoms with van der Waals surface area (Å²) in [6, 6.07) is 0. The lowest BCUT2D eigenvalue weighted by atomic mass is 10.1. The molecule has 1 fully saturated rings. The molecular formula is C6H13NO3S. The molecule has 1 heterocycles. The van der Waals surface area contributed by atoms with Gasteiger partial charge >= 0.3 is 0 Å². The van der Waals surface area contributed by atoms with Crippen LogP contribution in [-0.4, -0.2) is 33.9 Å². The van der Waals surface area contributed by atoms with Crippen molar-refractivity contribution in [3.05, 3.63) is 0 Å². The van der Waals surface area contributed by atoms with Crippen LogP contribution in [0.1, 0.15) is 12.8 Å². The van der Waals surface area contributed by atoms with E-state index < -0.39 is 10.1 Å². The molecule has 0 aromatic rings. The van der Waals surface area contributed by atoms with Crippen molar-refractivity contribution in [3.63, 3.8) is 0 Å². The lowest BCUT2D eigenvalue weighted by molar-refractivity contribution is 0.176. The first kappa shape index (κ1) is 8.96. The molecule has 5 heteroatoms. The van der Waals surface area contributed by atoms with Crippen LogP contribution < -0.4 is 5.32 Å². The van der Waals surface area contributed by atoms with Crippen LogP contribution in [0.5, 0.6) is 0 Å². The highest BCUT2D eigenvalue weighted by Gasteiger charge is 2.17. The topological polar surface area (TPSA) is 55.4 Å². The number of hydrogen-bond donors (Lipinski definition) is 1. The normalized spacial score (nSPS) is 26.8. The smallest absolute Gasteiger partial charge is 0.264 e. The molecule has 0 radical (unpaired) electrons. The molecule has 0 saturated carbocycles. The molecule has 1 aliphatic rings. The lowest BCUT2D eigenvalue weighted by Gasteiger charge is -2.21. The largest absolute Gasteiger partial charge is 0.314 e. The Kier molecular flexibility index (Phi) is 2.86. The molecule has 0 spiro atoms. The Hall–Kier alpha value is -0.130. The highest BCUT2D eigenvalue weighted by molar-refractivity contribution is 7.86. The molecule has 0 aromatic heterocycles. The minimum Gasteiger partial charge on any atom is -0.314 e. The fourth-order valence-corrected chi connectivity index (χ4v) is 1.81. The van der Waals surface area contributed by atoms with Gasteiger partial charge in [0.05, 0.1) is 12.4 Å². The first-order valence-electron chi connectivity index (χ1n) is 3.67. The molecular weight excluding hydrogens is 166 g/mol. The highest BCUT2D eigenvalue weighted by Crippen LogP contribution is 2.07. The van der Waals surface area contributed by atoms with E-state index in [2.05, 4.69) is 5.32 Å². The van der Waals surface area contributed by atoms with Crippen molar-refractivity contribution < 1.29 is 12.6 Å². The van der Waals surface area contributed by atoms with Gasteiger partial charge in [0.25, 0.3) is 10.1 Å². The average molecular weight is 179 g/mol. The second kappa shape index (κ2) is 3.51. The first-order chi connectivity index (χ1) is 5.08. The Morgan fingerprint density at radius 3 is 2.73 bits per heavy atom. The van der Waals surface area contributed by atoms with Crippen molar-refractivity contribution >= 4 is 10.1 Å². The zero-order chi connectivity index (χ0) is 8.32. The van der Waals surface area contributed by atoms with Gasteiger partial charge in [-0.15, -0.1) is 0 Å². The third kappa shape index (κ3) is 3.69. The van der Waals surface area contributed by atoms with Crippen molar-refractivity contribution in [1.29, 1.82) is 0 Å². The third-order valence-corrected chi connectivity index (χ3v) is 2.18. The predicted octanol–water partition coefficient (Wildman–Crippen LogP) is -0.285. The zero-order valence-corrected chi connectivity index (χ0v) is 7.36. The molecule has 1 aliphatic heterocycles. The Labute approximate surface area is 67.1 Å². The van der Waals surface area contributed by atoms with Crippen LogP contribution in [0.4, 0.5) is 0 Å². The zero-order valence-electron chi connectivity index (χ0n) is 6.54. The second-order valence-corrected chi connectivity index (χ2v) is 4.37. The third-order valence-electron chi connectivity index (χ3n) is 1.56. The van der Waals surface area contributed by atoms with Crippen LogP contribution in [0, 0.1) is 0 Å². The van der Waals surface area contributed by atoms with Gasteiger partial charge in [-0.05, 0) is 19.4 Å². The Morgan fingerprint density at radius 2 is 2.27 bits per heavy atom. The van der Waals surface area contributed by atoms with Crippen molar-refractivity contribution in [2.45, 2.75) is 18.9 Å². The van der Waals surface area contributed by atoms with E-state index in [0.29, 0.717) is 6.54 Å². The molecule has 0 amide bonds. The van der Waals surface area contributed by atoms with Crippen molar-refractivity contribution in [2.24, 2.45) is 0 Å². The highest BCUT2D eigenvalue weighted by atomic mass is 32.2. The predicted molar refractivity (Wildman–Crippen MR) is 41.8 cm³/mol. The van der Waals surface area contributed by atoms with Gasteiger partial charge in [-0.25, -0.2) is 0 Å². The Morgan fingerprint density at radius 1 is 1.55 bits per heavy atom. The van der Waals surface area contributed by atoms with Crippen molar-refractivity contribution in [1.82, 2.24) is 5.32 Å². The van der Waals surface area contributed by atoms with Gasteiger partial charge in [0.15, 0.2) is 0 Å². The monoisotopic (exact) mass is 179 g/mol. The van der Waals surface area contributed by atoms with Crippen LogP contribution >= 0.6 is 0 Å². The molecule has 0 aromatic carbocycles. The summed E-state index contributed by atoms with van der Waals surface area (Å²) in [7, 11) is -3.26. The number of hydrogen-bond acceptors (Lipinski definition) is 4. The van der Waals surface area contributed by atoms with Gasteiger partial charge in [0.2, 0.25) is 0 Å². The van der Waals surface area contributed by atoms with Gasteiger partial charge in [0.1, 0.15) is 0 Å². The molecule has 0 unspecified atom stereocenters. The number of piperidine rings is 1. The standard InChI is InChI=1S/C6H13NO3S/c1-11(8,9)10-6-3-2-4-7-5-6/h6-7H,2-5H2,1H3/t6-/m1/s1. The maximum absolute atomic E-state index is 10.6. The van der Waals surface area contributed by atoms with Gasteiger partial charge in [-0.2, -0.15) is 8.42 Å². The molecule has 1 saturated heterocycles. The van der Waals surface area contributed by atoms with Crippen LogP contribution in [0.25, 0.3) is 0 Å². The fraction of sp³-hybridized carbons (Fsp3) is 1.00. The summed E-state index contributed by atoms with van der Waals surface area (Å²) < 4.78 is 26.1. The molecule has 1 atom stereocenters. The second-order valence-electron chi connectivity index (χ2n) is 2.77. The van der Waals surface area contributed by atoms with Crippen molar-refractivity contribution in [2.75, 3.05) is 19.3 Å². The SMILES string of the molecule is CS(=O)(=O)O[C@@H]1CCCNC1. The molecule has 0 aliphatic carbocycles. The van der Waals surface area contributed by atoms with E-state index in [1.54, 1.807) is 0 Å². The summed E-state index contributed by atoms with van der Waals surface area (Å²) >= 11 is 0. The van der Waals surface area contributed by atoms with E-state index in [4.69, 9.17) is 4.18 Å². The number of rotatable bonds is 2. The van der Waals surface area contributed by atoms with Gasteiger partial charge in [-0.1, -0.05) is 0 Å². The molecule has 4 nitrogen and oxygen atoms in total. The van der Waals surface area contributed by atoms with Crippen LogP contribution in [0.3, 0.4) is 0 Å². The summed E-state index contributed by atoms with van der Waals surface area (Å²) in [6.45, 7) is 1.61. The van der Waals surface area contributed by atoms with Gasteiger partial charge in [0, 0.05) is 6.54 Å². The Bertz CT molecular complexity index is 206. The van der Waals surface area contributed by atoms with E-state index in [-0.39, 0.29) is 6.10 Å². The van der Waals surface area contributed by atoms with E-state index >= 15 is 0 Å². The quantitative estimate of drug-likeness (QED) is 0.592. The minimum atomic E-state index is -3.26. The fourth-order valence-electron chi connectivity index (χ4n) is 1.15. The van der Waals surface area contributed by atoms with Crippen molar-refractivity contribution in [3.8, 4) is 0 Å². The maximum Gasteiger partial charge on any atom is 0.264 e. The lowest BCUT2D eigenvalue weighted by Crippen LogP contribution is -2.36. The summed E-state index contributed by atoms with van der Waals surface area (Å²) in [5, 5.41) is 3.07. The molecule has 1 rings (SSSR count). The van der Waals surface area contributed by atoms with Crippen LogP contribution in [0.15, 0.2) is 0 Å². The van der Waals surface area contributed by atoms with Crippen LogP contribution in [0.2, 0.25) is 0 Å². The van der Waals surface area contributed by atoms with Gasteiger partial charge in [-0.3, -0.25) is 4.18 Å². The molecule has 0 bridgehead atoms. The summed E-state index contributed by atoms with van der Waals surface area (Å²) in [5.41, 5.74) is 0. The number of nitrogens with one attached hydrogen (secondary N) is 1. The maximum atomic E-state index is 10.6. The summed E-state index contributed by atoms with van der Waals surface area (Å²) in [5.74, 6) is 0. The van der Waals surface area contributed by atoms with Crippen LogP contribution in [-0.2, 0) is 14.3 Å². The molecule has 11 heavy (non-hydrogen) atoms. The Balaban J connectivity index is 2.36. The molecule has 1 N–H and O–H groups in total. The summed E-state index contributed by atoms with van der Waals surface area (Å²) in [6.07, 6.45) is 2.75. The average Bonchev–Trinajstić information content (AvgIpc) is 1.85. The van der Waals surface area contributed by atoms with Gasteiger partial charge < -0.3 is 5.32 Å². The summed E-state index contributed by atoms with van der Waals surface area (Å²) in [4.78, 5) is 0. The first-order valence-corrected chi connectivity index (χ1v) is 5.48. The minimum absolute atomic E-state index is 0.154. The molecule has 66 valence electrons. The van der Waals surface area contributed by atoms with E-state index in [9.17, 15) is 8.42 Å². The van der Waals surface area contributed by atoms with E-state index in [0.717, 1.165) is 25.6 Å². The van der Waals surface area contributed by atoms with E-state index in [1.807, 2.05) is 0 Å².